The summed E-state index contributed by atoms with van der Waals surface area (Å²) in [6.45, 7) is 0.858. The van der Waals surface area contributed by atoms with Gasteiger partial charge in [-0.1, -0.05) is 6.92 Å². The Morgan fingerprint density at radius 3 is 2.59 bits per heavy atom. The molecule has 2 aromatic heterocycles. The second kappa shape index (κ2) is 8.35. The molecule has 0 saturated carbocycles. The fraction of sp³-hybridized carbons (Fsp3) is 0.308. The van der Waals surface area contributed by atoms with E-state index in [-0.39, 0.29) is 11.9 Å². The maximum absolute atomic E-state index is 12.4. The van der Waals surface area contributed by atoms with E-state index < -0.39 is 6.61 Å². The minimum absolute atomic E-state index is 0.00697. The first-order chi connectivity index (χ1) is 10.4. The summed E-state index contributed by atoms with van der Waals surface area (Å²) in [5, 5.41) is 0. The lowest BCUT2D eigenvalue weighted by Crippen LogP contribution is -2.08. The van der Waals surface area contributed by atoms with Gasteiger partial charge < -0.3 is 4.74 Å². The highest BCUT2D eigenvalue weighted by Crippen LogP contribution is 2.27. The molecule has 2 heterocycles. The first kappa shape index (κ1) is 17.9. The van der Waals surface area contributed by atoms with Crippen LogP contribution in [0.1, 0.15) is 18.4 Å². The molecule has 0 aliphatic carbocycles. The molecule has 0 spiro atoms. The lowest BCUT2D eigenvalue weighted by atomic mass is 10.4. The Bertz CT molecular complexity index is 671. The first-order valence-corrected chi connectivity index (χ1v) is 6.87. The van der Waals surface area contributed by atoms with Crippen molar-refractivity contribution in [1.82, 2.24) is 14.5 Å². The molecule has 0 atom stereocenters. The summed E-state index contributed by atoms with van der Waals surface area (Å²) in [6, 6.07) is 1.46. The largest absolute Gasteiger partial charge is 0.431 e. The fourth-order valence-corrected chi connectivity index (χ4v) is 2.01. The summed E-state index contributed by atoms with van der Waals surface area (Å²) in [5.74, 6) is 0.978. The van der Waals surface area contributed by atoms with E-state index in [4.69, 9.17) is 9.59 Å². The second-order valence-corrected chi connectivity index (χ2v) is 4.86. The van der Waals surface area contributed by atoms with Crippen molar-refractivity contribution in [2.75, 3.05) is 0 Å². The van der Waals surface area contributed by atoms with Crippen LogP contribution in [0, 0.1) is 6.92 Å². The number of halogens is 3. The zero-order valence-electron chi connectivity index (χ0n) is 11.7. The minimum atomic E-state index is -2.90. The van der Waals surface area contributed by atoms with E-state index in [0.717, 1.165) is 12.1 Å². The van der Waals surface area contributed by atoms with Gasteiger partial charge in [-0.05, 0) is 29.3 Å². The molecule has 0 saturated heterocycles. The zero-order chi connectivity index (χ0) is 16.7. The van der Waals surface area contributed by atoms with Crippen molar-refractivity contribution in [1.29, 1.82) is 0 Å². The van der Waals surface area contributed by atoms with Crippen LogP contribution in [0.4, 0.5) is 8.78 Å². The Kier molecular flexibility index (Phi) is 6.81. The summed E-state index contributed by atoms with van der Waals surface area (Å²) >= 11 is 3.18. The van der Waals surface area contributed by atoms with Crippen LogP contribution >= 0.6 is 15.9 Å². The third-order valence-electron chi connectivity index (χ3n) is 2.54. The number of hydrogen-bond acceptors (Lipinski definition) is 5. The van der Waals surface area contributed by atoms with Crippen molar-refractivity contribution in [2.45, 2.75) is 26.9 Å². The molecule has 0 aliphatic rings. The number of pyridine rings is 1. The number of aryl methyl sites for hydroxylation is 2. The molecule has 9 heteroatoms. The monoisotopic (exact) mass is 375 g/mol. The van der Waals surface area contributed by atoms with Crippen LogP contribution in [0.15, 0.2) is 22.9 Å². The lowest BCUT2D eigenvalue weighted by molar-refractivity contribution is -0.191. The molecule has 0 aromatic carbocycles. The van der Waals surface area contributed by atoms with Gasteiger partial charge in [0, 0.05) is 22.9 Å². The van der Waals surface area contributed by atoms with Crippen molar-refractivity contribution in [3.05, 3.63) is 34.5 Å². The average Bonchev–Trinajstić information content (AvgIpc) is 2.80. The summed E-state index contributed by atoms with van der Waals surface area (Å²) in [6.07, 6.45) is 4.30. The number of rotatable bonds is 4. The summed E-state index contributed by atoms with van der Waals surface area (Å²) < 4.78 is 31.6. The van der Waals surface area contributed by atoms with Gasteiger partial charge in [0.25, 0.3) is 0 Å². The Balaban J connectivity index is 0.000000745. The van der Waals surface area contributed by atoms with E-state index in [2.05, 4.69) is 30.6 Å². The topological polar surface area (TPSA) is 74.1 Å². The van der Waals surface area contributed by atoms with Crippen molar-refractivity contribution < 1.29 is 23.1 Å². The van der Waals surface area contributed by atoms with Crippen LogP contribution in [0.2, 0.25) is 0 Å². The molecule has 2 aromatic rings. The number of carbonyl (C=O) groups excluding carboxylic acids is 2. The molecule has 118 valence electrons. The molecule has 22 heavy (non-hydrogen) atoms. The molecular weight excluding hydrogens is 364 g/mol. The van der Waals surface area contributed by atoms with E-state index in [1.165, 1.54) is 12.3 Å². The van der Waals surface area contributed by atoms with Gasteiger partial charge in [0.15, 0.2) is 11.6 Å². The maximum Gasteiger partial charge on any atom is 0.387 e. The van der Waals surface area contributed by atoms with E-state index in [1.54, 1.807) is 17.7 Å². The third-order valence-corrected chi connectivity index (χ3v) is 2.97. The smallest absolute Gasteiger partial charge is 0.387 e. The quantitative estimate of drug-likeness (QED) is 0.821. The first-order valence-electron chi connectivity index (χ1n) is 6.07. The highest BCUT2D eigenvalue weighted by atomic mass is 79.9. The van der Waals surface area contributed by atoms with Crippen LogP contribution in [0.25, 0.3) is 5.82 Å². The predicted molar refractivity (Wildman–Crippen MR) is 74.8 cm³/mol. The van der Waals surface area contributed by atoms with E-state index in [9.17, 15) is 8.78 Å². The summed E-state index contributed by atoms with van der Waals surface area (Å²) in [4.78, 5) is 24.7. The van der Waals surface area contributed by atoms with E-state index in [0.29, 0.717) is 16.1 Å². The van der Waals surface area contributed by atoms with Crippen LogP contribution in [0.5, 0.6) is 5.75 Å². The van der Waals surface area contributed by atoms with E-state index in [1.807, 2.05) is 6.92 Å². The minimum Gasteiger partial charge on any atom is -0.431 e. The SMILES string of the molecule is CCc1cn(-c2ncc(Br)cc2OC(F)F)c(C)n1.O=C=O. The molecule has 0 amide bonds. The number of nitrogens with zero attached hydrogens (tertiary/aromatic N) is 3. The predicted octanol–water partition coefficient (Wildman–Crippen LogP) is 2.92. The summed E-state index contributed by atoms with van der Waals surface area (Å²) in [5.41, 5.74) is 0.866. The molecule has 0 radical (unpaired) electrons. The number of ether oxygens (including phenoxy) is 1. The normalized spacial score (nSPS) is 9.91. The van der Waals surface area contributed by atoms with Crippen LogP contribution < -0.4 is 4.74 Å². The molecule has 0 aliphatic heterocycles. The van der Waals surface area contributed by atoms with Gasteiger partial charge in [0.1, 0.15) is 5.82 Å². The summed E-state index contributed by atoms with van der Waals surface area (Å²) in [7, 11) is 0. The van der Waals surface area contributed by atoms with Crippen molar-refractivity contribution in [3.8, 4) is 11.6 Å². The molecule has 6 nitrogen and oxygen atoms in total. The highest BCUT2D eigenvalue weighted by Gasteiger charge is 2.15. The third kappa shape index (κ3) is 4.71. The molecule has 0 bridgehead atoms. The van der Waals surface area contributed by atoms with Gasteiger partial charge >= 0.3 is 12.8 Å². The zero-order valence-corrected chi connectivity index (χ0v) is 13.3. The number of aromatic nitrogens is 3. The van der Waals surface area contributed by atoms with Crippen LogP contribution in [0.3, 0.4) is 0 Å². The Hall–Kier alpha value is -2.12. The number of imidazole rings is 1. The maximum atomic E-state index is 12.4. The van der Waals surface area contributed by atoms with Crippen molar-refractivity contribution >= 4 is 22.1 Å². The number of alkyl halides is 2. The lowest BCUT2D eigenvalue weighted by Gasteiger charge is -2.11. The fourth-order valence-electron chi connectivity index (χ4n) is 1.69. The van der Waals surface area contributed by atoms with Gasteiger partial charge in [-0.25, -0.2) is 9.97 Å². The number of hydrogen-bond donors (Lipinski definition) is 0. The van der Waals surface area contributed by atoms with Crippen LogP contribution in [-0.2, 0) is 16.0 Å². The van der Waals surface area contributed by atoms with Crippen LogP contribution in [-0.4, -0.2) is 27.3 Å². The van der Waals surface area contributed by atoms with Gasteiger partial charge in [-0.2, -0.15) is 18.4 Å². The molecule has 0 N–H and O–H groups in total. The standard InChI is InChI=1S/C12H12BrF2N3O.CO2/c1-3-9-6-18(7(2)17-9)11-10(19-12(14)15)4-8(13)5-16-11;2-1-3/h4-6,12H,3H2,1-2H3;. The van der Waals surface area contributed by atoms with Gasteiger partial charge in [-0.3, -0.25) is 4.57 Å². The van der Waals surface area contributed by atoms with E-state index >= 15 is 0 Å². The molecular formula is C13H12BrF2N3O3. The Morgan fingerprint density at radius 2 is 2.09 bits per heavy atom. The van der Waals surface area contributed by atoms with Crippen molar-refractivity contribution in [3.63, 3.8) is 0 Å². The Labute approximate surface area is 133 Å². The van der Waals surface area contributed by atoms with Gasteiger partial charge in [0.05, 0.1) is 5.69 Å². The van der Waals surface area contributed by atoms with Gasteiger partial charge in [-0.15, -0.1) is 0 Å². The molecule has 0 unspecified atom stereocenters. The molecule has 2 rings (SSSR count). The van der Waals surface area contributed by atoms with Crippen molar-refractivity contribution in [2.24, 2.45) is 0 Å². The highest BCUT2D eigenvalue weighted by molar-refractivity contribution is 9.10. The Morgan fingerprint density at radius 1 is 1.45 bits per heavy atom. The molecule has 0 fully saturated rings. The second-order valence-electron chi connectivity index (χ2n) is 3.94. The average molecular weight is 376 g/mol. The van der Waals surface area contributed by atoms with Gasteiger partial charge in [0.2, 0.25) is 0 Å².